The molecule has 1 aliphatic heterocycles. The van der Waals surface area contributed by atoms with Crippen LogP contribution in [0.3, 0.4) is 0 Å². The molecule has 0 unspecified atom stereocenters. The number of carbonyl (C=O) groups excluding carboxylic acids is 1. The van der Waals surface area contributed by atoms with Crippen molar-refractivity contribution in [2.75, 3.05) is 39.3 Å². The summed E-state index contributed by atoms with van der Waals surface area (Å²) in [5, 5.41) is 4.05. The Balaban J connectivity index is 1.41. The summed E-state index contributed by atoms with van der Waals surface area (Å²) >= 11 is 0. The molecule has 2 aromatic rings. The Bertz CT molecular complexity index is 885. The van der Waals surface area contributed by atoms with E-state index in [0.717, 1.165) is 31.8 Å². The average molecular weight is 384 g/mol. The van der Waals surface area contributed by atoms with Crippen molar-refractivity contribution in [2.45, 2.75) is 20.3 Å². The van der Waals surface area contributed by atoms with Gasteiger partial charge < -0.3 is 9.64 Å². The first-order chi connectivity index (χ1) is 13.5. The molecule has 28 heavy (non-hydrogen) atoms. The van der Waals surface area contributed by atoms with E-state index in [9.17, 15) is 9.59 Å². The van der Waals surface area contributed by atoms with Crippen LogP contribution in [0, 0.1) is 13.8 Å². The molecular formula is C21H28N4O3. The number of nitrogens with zero attached hydrogens (tertiary/aromatic N) is 4. The van der Waals surface area contributed by atoms with Crippen molar-refractivity contribution < 1.29 is 9.53 Å². The van der Waals surface area contributed by atoms with Gasteiger partial charge in [-0.3, -0.25) is 14.5 Å². The van der Waals surface area contributed by atoms with Crippen LogP contribution in [0.25, 0.3) is 0 Å². The van der Waals surface area contributed by atoms with Gasteiger partial charge in [-0.2, -0.15) is 5.10 Å². The second-order valence-electron chi connectivity index (χ2n) is 7.21. The van der Waals surface area contributed by atoms with Crippen LogP contribution >= 0.6 is 0 Å². The minimum absolute atomic E-state index is 0.117. The molecule has 7 nitrogen and oxygen atoms in total. The first kappa shape index (κ1) is 20.1. The lowest BCUT2D eigenvalue weighted by atomic mass is 10.1. The summed E-state index contributed by atoms with van der Waals surface area (Å²) < 4.78 is 7.11. The molecule has 2 heterocycles. The topological polar surface area (TPSA) is 67.7 Å². The molecule has 1 aliphatic rings. The Labute approximate surface area is 165 Å². The Morgan fingerprint density at radius 1 is 1.11 bits per heavy atom. The van der Waals surface area contributed by atoms with E-state index >= 15 is 0 Å². The highest BCUT2D eigenvalue weighted by Gasteiger charge is 2.23. The van der Waals surface area contributed by atoms with Gasteiger partial charge in [-0.15, -0.1) is 0 Å². The average Bonchev–Trinajstić information content (AvgIpc) is 2.70. The molecule has 1 fully saturated rings. The second-order valence-corrected chi connectivity index (χ2v) is 7.21. The molecule has 1 aromatic carbocycles. The number of amides is 1. The van der Waals surface area contributed by atoms with Crippen molar-refractivity contribution in [3.05, 3.63) is 57.5 Å². The minimum Gasteiger partial charge on any atom is -0.493 e. The summed E-state index contributed by atoms with van der Waals surface area (Å²) in [6.45, 7) is 8.81. The van der Waals surface area contributed by atoms with Gasteiger partial charge in [-0.1, -0.05) is 12.1 Å². The zero-order valence-corrected chi connectivity index (χ0v) is 16.9. The molecule has 0 aliphatic carbocycles. The Hall–Kier alpha value is -2.67. The molecule has 1 aromatic heterocycles. The zero-order valence-electron chi connectivity index (χ0n) is 16.9. The number of ether oxygens (including phenoxy) is 1. The number of benzene rings is 1. The highest BCUT2D eigenvalue weighted by Crippen LogP contribution is 2.20. The largest absolute Gasteiger partial charge is 0.493 e. The molecule has 3 rings (SSSR count). The van der Waals surface area contributed by atoms with Gasteiger partial charge in [0.2, 0.25) is 0 Å². The van der Waals surface area contributed by atoms with E-state index < -0.39 is 0 Å². The molecule has 1 saturated heterocycles. The van der Waals surface area contributed by atoms with E-state index in [1.54, 1.807) is 11.9 Å². The lowest BCUT2D eigenvalue weighted by molar-refractivity contribution is 0.0622. The monoisotopic (exact) mass is 384 g/mol. The lowest BCUT2D eigenvalue weighted by Gasteiger charge is -2.34. The normalized spacial score (nSPS) is 14.9. The van der Waals surface area contributed by atoms with Gasteiger partial charge in [0.1, 0.15) is 11.4 Å². The first-order valence-corrected chi connectivity index (χ1v) is 9.70. The van der Waals surface area contributed by atoms with Crippen LogP contribution in [0.4, 0.5) is 0 Å². The molecule has 150 valence electrons. The van der Waals surface area contributed by atoms with E-state index in [1.165, 1.54) is 27.9 Å². The fraction of sp³-hybridized carbons (Fsp3) is 0.476. The number of rotatable bonds is 6. The van der Waals surface area contributed by atoms with Crippen molar-refractivity contribution in [3.8, 4) is 5.75 Å². The Morgan fingerprint density at radius 2 is 1.86 bits per heavy atom. The second kappa shape index (κ2) is 9.01. The highest BCUT2D eigenvalue weighted by molar-refractivity contribution is 5.92. The number of aryl methyl sites for hydroxylation is 2. The fourth-order valence-electron chi connectivity index (χ4n) is 3.30. The number of piperazine rings is 1. The minimum atomic E-state index is -0.218. The molecule has 0 spiro atoms. The lowest BCUT2D eigenvalue weighted by Crippen LogP contribution is -2.49. The van der Waals surface area contributed by atoms with E-state index in [4.69, 9.17) is 4.74 Å². The maximum absolute atomic E-state index is 12.6. The van der Waals surface area contributed by atoms with Crippen LogP contribution in [0.5, 0.6) is 5.75 Å². The molecule has 0 N–H and O–H groups in total. The van der Waals surface area contributed by atoms with Gasteiger partial charge in [-0.25, -0.2) is 4.68 Å². The van der Waals surface area contributed by atoms with E-state index in [0.29, 0.717) is 25.4 Å². The maximum atomic E-state index is 12.6. The van der Waals surface area contributed by atoms with Gasteiger partial charge >= 0.3 is 0 Å². The van der Waals surface area contributed by atoms with Crippen LogP contribution in [0.2, 0.25) is 0 Å². The number of carbonyl (C=O) groups is 1. The van der Waals surface area contributed by atoms with Crippen molar-refractivity contribution >= 4 is 5.91 Å². The fourth-order valence-corrected chi connectivity index (χ4v) is 3.30. The summed E-state index contributed by atoms with van der Waals surface area (Å²) in [5.41, 5.74) is 2.54. The summed E-state index contributed by atoms with van der Waals surface area (Å²) in [5.74, 6) is 0.841. The van der Waals surface area contributed by atoms with Crippen LogP contribution in [0.1, 0.15) is 28.0 Å². The molecule has 7 heteroatoms. The molecular weight excluding hydrogens is 356 g/mol. The summed E-state index contributed by atoms with van der Waals surface area (Å²) in [7, 11) is 1.55. The smallest absolute Gasteiger partial charge is 0.274 e. The van der Waals surface area contributed by atoms with Gasteiger partial charge in [-0.05, 0) is 43.5 Å². The van der Waals surface area contributed by atoms with Crippen molar-refractivity contribution in [2.24, 2.45) is 7.05 Å². The number of hydrogen-bond acceptors (Lipinski definition) is 5. The third-order valence-electron chi connectivity index (χ3n) is 5.27. The standard InChI is InChI=1S/C21H28N4O3/c1-16-6-4-7-19(17(16)2)28-15-5-10-24-11-13-25(14-12-24)21(27)18-8-9-20(26)23(3)22-18/h4,6-9H,5,10-15H2,1-3H3. The van der Waals surface area contributed by atoms with Crippen LogP contribution < -0.4 is 10.3 Å². The van der Waals surface area contributed by atoms with Crippen molar-refractivity contribution in [1.29, 1.82) is 0 Å². The third-order valence-corrected chi connectivity index (χ3v) is 5.27. The molecule has 1 amide bonds. The van der Waals surface area contributed by atoms with Gasteiger partial charge in [0, 0.05) is 45.8 Å². The van der Waals surface area contributed by atoms with Gasteiger partial charge in [0.05, 0.1) is 6.61 Å². The molecule has 0 radical (unpaired) electrons. The van der Waals surface area contributed by atoms with E-state index in [1.807, 2.05) is 12.1 Å². The van der Waals surface area contributed by atoms with Crippen molar-refractivity contribution in [3.63, 3.8) is 0 Å². The van der Waals surface area contributed by atoms with E-state index in [2.05, 4.69) is 29.9 Å². The first-order valence-electron chi connectivity index (χ1n) is 9.70. The number of hydrogen-bond donors (Lipinski definition) is 0. The summed E-state index contributed by atoms with van der Waals surface area (Å²) in [4.78, 5) is 28.1. The summed E-state index contributed by atoms with van der Waals surface area (Å²) in [6, 6.07) is 9.01. The third kappa shape index (κ3) is 4.78. The summed E-state index contributed by atoms with van der Waals surface area (Å²) in [6.07, 6.45) is 0.948. The predicted molar refractivity (Wildman–Crippen MR) is 108 cm³/mol. The highest BCUT2D eigenvalue weighted by atomic mass is 16.5. The zero-order chi connectivity index (χ0) is 20.1. The molecule has 0 bridgehead atoms. The quantitative estimate of drug-likeness (QED) is 0.708. The Morgan fingerprint density at radius 3 is 2.57 bits per heavy atom. The van der Waals surface area contributed by atoms with E-state index in [-0.39, 0.29) is 11.5 Å². The molecule has 0 saturated carbocycles. The van der Waals surface area contributed by atoms with Crippen molar-refractivity contribution in [1.82, 2.24) is 19.6 Å². The molecule has 0 atom stereocenters. The van der Waals surface area contributed by atoms with Gasteiger partial charge in [0.15, 0.2) is 0 Å². The van der Waals surface area contributed by atoms with Crippen LogP contribution in [-0.2, 0) is 7.05 Å². The SMILES string of the molecule is Cc1cccc(OCCCN2CCN(C(=O)c3ccc(=O)n(C)n3)CC2)c1C. The van der Waals surface area contributed by atoms with Crippen LogP contribution in [0.15, 0.2) is 35.1 Å². The Kier molecular flexibility index (Phi) is 6.46. The van der Waals surface area contributed by atoms with Gasteiger partial charge in [0.25, 0.3) is 11.5 Å². The predicted octanol–water partition coefficient (Wildman–Crippen LogP) is 1.62. The number of aromatic nitrogens is 2. The van der Waals surface area contributed by atoms with Crippen LogP contribution in [-0.4, -0.2) is 64.8 Å². The maximum Gasteiger partial charge on any atom is 0.274 e.